The highest BCUT2D eigenvalue weighted by Gasteiger charge is 2.40. The number of aromatic nitrogens is 4. The van der Waals surface area contributed by atoms with Crippen molar-refractivity contribution in [1.29, 1.82) is 0 Å². The third kappa shape index (κ3) is 5.10. The Morgan fingerprint density at radius 3 is 2.76 bits per heavy atom. The SMILES string of the molecule is CC(C)C(=O)Nc1ncnc2c1ncn2[C@@H]1O[C@H](CO)CC1OC(=O)NCc1ccccc1. The molecule has 0 radical (unpaired) electrons. The number of fused-ring (bicyclic) bond motifs is 1. The number of anilines is 1. The Hall–Kier alpha value is -3.57. The van der Waals surface area contributed by atoms with Crippen molar-refractivity contribution in [1.82, 2.24) is 24.8 Å². The number of rotatable bonds is 7. The number of amides is 2. The Balaban J connectivity index is 1.52. The first-order chi connectivity index (χ1) is 16.0. The normalized spacial score (nSPS) is 20.2. The Labute approximate surface area is 190 Å². The number of alkyl carbamates (subject to hydrolysis) is 1. The van der Waals surface area contributed by atoms with Crippen LogP contribution in [0.2, 0.25) is 0 Å². The van der Waals surface area contributed by atoms with Gasteiger partial charge in [-0.25, -0.2) is 19.7 Å². The molecule has 0 bridgehead atoms. The fourth-order valence-electron chi connectivity index (χ4n) is 3.52. The van der Waals surface area contributed by atoms with E-state index in [0.29, 0.717) is 24.1 Å². The first-order valence-corrected chi connectivity index (χ1v) is 10.7. The van der Waals surface area contributed by atoms with E-state index >= 15 is 0 Å². The summed E-state index contributed by atoms with van der Waals surface area (Å²) < 4.78 is 13.2. The molecule has 174 valence electrons. The molecule has 0 aliphatic carbocycles. The minimum absolute atomic E-state index is 0.196. The summed E-state index contributed by atoms with van der Waals surface area (Å²) in [5.41, 5.74) is 1.73. The van der Waals surface area contributed by atoms with Gasteiger partial charge in [0.1, 0.15) is 6.33 Å². The predicted octanol–water partition coefficient (Wildman–Crippen LogP) is 2.00. The van der Waals surface area contributed by atoms with Crippen LogP contribution in [0.3, 0.4) is 0 Å². The number of carbonyl (C=O) groups excluding carboxylic acids is 2. The van der Waals surface area contributed by atoms with Crippen molar-refractivity contribution in [2.75, 3.05) is 11.9 Å². The van der Waals surface area contributed by atoms with Gasteiger partial charge in [0.15, 0.2) is 29.3 Å². The first kappa shape index (κ1) is 22.6. The van der Waals surface area contributed by atoms with Crippen LogP contribution >= 0.6 is 0 Å². The molecule has 33 heavy (non-hydrogen) atoms. The molecule has 11 nitrogen and oxygen atoms in total. The van der Waals surface area contributed by atoms with E-state index in [4.69, 9.17) is 9.47 Å². The third-order valence-corrected chi connectivity index (χ3v) is 5.29. The Bertz CT molecular complexity index is 1120. The summed E-state index contributed by atoms with van der Waals surface area (Å²) in [5, 5.41) is 15.1. The zero-order valence-corrected chi connectivity index (χ0v) is 18.3. The molecule has 1 aromatic carbocycles. The number of carbonyl (C=O) groups is 2. The number of aliphatic hydroxyl groups excluding tert-OH is 1. The van der Waals surface area contributed by atoms with Gasteiger partial charge in [-0.3, -0.25) is 9.36 Å². The van der Waals surface area contributed by atoms with Gasteiger partial charge in [-0.05, 0) is 5.56 Å². The van der Waals surface area contributed by atoms with Crippen molar-refractivity contribution in [3.63, 3.8) is 0 Å². The number of imidazole rings is 1. The minimum Gasteiger partial charge on any atom is -0.441 e. The molecule has 4 rings (SSSR count). The van der Waals surface area contributed by atoms with E-state index in [2.05, 4.69) is 25.6 Å². The molecule has 0 saturated carbocycles. The second-order valence-corrected chi connectivity index (χ2v) is 8.04. The van der Waals surface area contributed by atoms with Gasteiger partial charge in [0.25, 0.3) is 0 Å². The van der Waals surface area contributed by atoms with Crippen LogP contribution in [-0.2, 0) is 20.8 Å². The van der Waals surface area contributed by atoms with Gasteiger partial charge in [0, 0.05) is 18.9 Å². The molecule has 1 aliphatic heterocycles. The van der Waals surface area contributed by atoms with Crippen molar-refractivity contribution in [3.05, 3.63) is 48.5 Å². The summed E-state index contributed by atoms with van der Waals surface area (Å²) in [5.74, 6) is -0.140. The highest BCUT2D eigenvalue weighted by Crippen LogP contribution is 2.33. The molecular weight excluding hydrogens is 428 g/mol. The van der Waals surface area contributed by atoms with Gasteiger partial charge in [-0.1, -0.05) is 44.2 Å². The van der Waals surface area contributed by atoms with Gasteiger partial charge < -0.3 is 25.2 Å². The third-order valence-electron chi connectivity index (χ3n) is 5.29. The molecule has 3 atom stereocenters. The number of benzene rings is 1. The van der Waals surface area contributed by atoms with Crippen LogP contribution in [0.25, 0.3) is 11.2 Å². The number of nitrogens with one attached hydrogen (secondary N) is 2. The summed E-state index contributed by atoms with van der Waals surface area (Å²) in [4.78, 5) is 37.3. The van der Waals surface area contributed by atoms with Crippen molar-refractivity contribution < 1.29 is 24.2 Å². The lowest BCUT2D eigenvalue weighted by Crippen LogP contribution is -2.31. The van der Waals surface area contributed by atoms with Gasteiger partial charge in [0.2, 0.25) is 5.91 Å². The molecule has 1 saturated heterocycles. The fraction of sp³-hybridized carbons (Fsp3) is 0.409. The van der Waals surface area contributed by atoms with E-state index in [1.807, 2.05) is 30.3 Å². The maximum atomic E-state index is 12.4. The molecule has 1 fully saturated rings. The summed E-state index contributed by atoms with van der Waals surface area (Å²) in [7, 11) is 0. The Morgan fingerprint density at radius 2 is 2.03 bits per heavy atom. The number of ether oxygens (including phenoxy) is 2. The lowest BCUT2D eigenvalue weighted by molar-refractivity contribution is -0.118. The molecule has 2 amide bonds. The van der Waals surface area contributed by atoms with Crippen LogP contribution < -0.4 is 10.6 Å². The van der Waals surface area contributed by atoms with Crippen LogP contribution in [-0.4, -0.2) is 55.4 Å². The van der Waals surface area contributed by atoms with Crippen molar-refractivity contribution in [2.24, 2.45) is 5.92 Å². The van der Waals surface area contributed by atoms with Crippen LogP contribution in [0.1, 0.15) is 32.1 Å². The standard InChI is InChI=1S/C22H26N6O5/c1-13(2)20(30)27-18-17-19(25-11-24-18)28(12-26-17)21-16(8-15(10-29)32-21)33-22(31)23-9-14-6-4-3-5-7-14/h3-7,11-13,15-16,21,29H,8-10H2,1-2H3,(H,23,31)(H,24,25,27,30)/t15-,16?,21+/m0/s1. The van der Waals surface area contributed by atoms with Gasteiger partial charge in [-0.2, -0.15) is 0 Å². The summed E-state index contributed by atoms with van der Waals surface area (Å²) in [6, 6.07) is 9.47. The van der Waals surface area contributed by atoms with Crippen molar-refractivity contribution >= 4 is 29.0 Å². The average molecular weight is 454 g/mol. The largest absolute Gasteiger partial charge is 0.441 e. The molecular formula is C22H26N6O5. The van der Waals surface area contributed by atoms with E-state index in [1.165, 1.54) is 12.7 Å². The van der Waals surface area contributed by atoms with Gasteiger partial charge in [0.05, 0.1) is 19.0 Å². The van der Waals surface area contributed by atoms with Gasteiger partial charge >= 0.3 is 6.09 Å². The lowest BCUT2D eigenvalue weighted by atomic mass is 10.2. The minimum atomic E-state index is -0.752. The smallest absolute Gasteiger partial charge is 0.407 e. The van der Waals surface area contributed by atoms with Crippen LogP contribution in [0.15, 0.2) is 43.0 Å². The lowest BCUT2D eigenvalue weighted by Gasteiger charge is -2.20. The topological polar surface area (TPSA) is 140 Å². The van der Waals surface area contributed by atoms with Crippen LogP contribution in [0, 0.1) is 5.92 Å². The molecule has 3 aromatic rings. The second-order valence-electron chi connectivity index (χ2n) is 8.04. The Morgan fingerprint density at radius 1 is 1.24 bits per heavy atom. The number of hydrogen-bond acceptors (Lipinski definition) is 8. The monoisotopic (exact) mass is 454 g/mol. The molecule has 0 spiro atoms. The van der Waals surface area contributed by atoms with E-state index < -0.39 is 24.5 Å². The molecule has 1 unspecified atom stereocenters. The fourth-order valence-corrected chi connectivity index (χ4v) is 3.52. The van der Waals surface area contributed by atoms with E-state index in [1.54, 1.807) is 18.4 Å². The Kier molecular flexibility index (Phi) is 6.80. The summed E-state index contributed by atoms with van der Waals surface area (Å²) in [6.07, 6.45) is 0.574. The quantitative estimate of drug-likeness (QED) is 0.492. The molecule has 11 heteroatoms. The highest BCUT2D eigenvalue weighted by atomic mass is 16.6. The molecule has 2 aromatic heterocycles. The maximum Gasteiger partial charge on any atom is 0.407 e. The van der Waals surface area contributed by atoms with Gasteiger partial charge in [-0.15, -0.1) is 0 Å². The molecule has 1 aliphatic rings. The zero-order chi connectivity index (χ0) is 23.4. The highest BCUT2D eigenvalue weighted by molar-refractivity contribution is 5.97. The van der Waals surface area contributed by atoms with Crippen LogP contribution in [0.5, 0.6) is 0 Å². The van der Waals surface area contributed by atoms with E-state index in [-0.39, 0.29) is 24.2 Å². The van der Waals surface area contributed by atoms with Crippen molar-refractivity contribution in [3.8, 4) is 0 Å². The second kappa shape index (κ2) is 9.92. The predicted molar refractivity (Wildman–Crippen MR) is 118 cm³/mol. The number of aliphatic hydroxyl groups is 1. The summed E-state index contributed by atoms with van der Waals surface area (Å²) in [6.45, 7) is 3.65. The molecule has 3 heterocycles. The zero-order valence-electron chi connectivity index (χ0n) is 18.3. The van der Waals surface area contributed by atoms with E-state index in [0.717, 1.165) is 5.56 Å². The molecule has 3 N–H and O–H groups in total. The average Bonchev–Trinajstić information content (AvgIpc) is 3.42. The van der Waals surface area contributed by atoms with Crippen molar-refractivity contribution in [2.45, 2.75) is 45.2 Å². The van der Waals surface area contributed by atoms with Crippen LogP contribution in [0.4, 0.5) is 10.6 Å². The summed E-state index contributed by atoms with van der Waals surface area (Å²) >= 11 is 0. The number of nitrogens with zero attached hydrogens (tertiary/aromatic N) is 4. The van der Waals surface area contributed by atoms with E-state index in [9.17, 15) is 14.7 Å². The number of hydrogen-bond donors (Lipinski definition) is 3. The first-order valence-electron chi connectivity index (χ1n) is 10.7. The maximum absolute atomic E-state index is 12.4.